The van der Waals surface area contributed by atoms with Gasteiger partial charge in [0.2, 0.25) is 0 Å². The molecule has 0 amide bonds. The number of hydrogen-bond acceptors (Lipinski definition) is 2. The van der Waals surface area contributed by atoms with Crippen molar-refractivity contribution in [2.75, 3.05) is 13.1 Å². The van der Waals surface area contributed by atoms with Gasteiger partial charge in [0.25, 0.3) is 0 Å². The van der Waals surface area contributed by atoms with Crippen molar-refractivity contribution in [1.82, 2.24) is 10.2 Å². The van der Waals surface area contributed by atoms with Crippen LogP contribution in [0.5, 0.6) is 0 Å². The van der Waals surface area contributed by atoms with Crippen LogP contribution in [0.25, 0.3) is 0 Å². The van der Waals surface area contributed by atoms with Crippen LogP contribution in [0.3, 0.4) is 0 Å². The van der Waals surface area contributed by atoms with Crippen LogP contribution in [-0.2, 0) is 0 Å². The average Bonchev–Trinajstić information content (AvgIpc) is 2.34. The van der Waals surface area contributed by atoms with E-state index >= 15 is 0 Å². The summed E-state index contributed by atoms with van der Waals surface area (Å²) in [6.45, 7) is 11.0. The van der Waals surface area contributed by atoms with Gasteiger partial charge in [0, 0.05) is 30.7 Å². The molecule has 2 nitrogen and oxygen atoms in total. The van der Waals surface area contributed by atoms with Gasteiger partial charge < -0.3 is 5.32 Å². The van der Waals surface area contributed by atoms with Gasteiger partial charge >= 0.3 is 0 Å². The Kier molecular flexibility index (Phi) is 4.26. The molecule has 1 N–H and O–H groups in total. The van der Waals surface area contributed by atoms with Crippen LogP contribution in [0, 0.1) is 0 Å². The lowest BCUT2D eigenvalue weighted by Crippen LogP contribution is -2.65. The molecule has 0 radical (unpaired) electrons. The van der Waals surface area contributed by atoms with Crippen molar-refractivity contribution in [2.24, 2.45) is 0 Å². The zero-order chi connectivity index (χ0) is 12.3. The molecule has 98 valence electrons. The van der Waals surface area contributed by atoms with Crippen molar-refractivity contribution < 1.29 is 0 Å². The fourth-order valence-electron chi connectivity index (χ4n) is 3.57. The minimum Gasteiger partial charge on any atom is -0.308 e. The quantitative estimate of drug-likeness (QED) is 0.758. The topological polar surface area (TPSA) is 15.3 Å². The van der Waals surface area contributed by atoms with E-state index in [4.69, 9.17) is 0 Å². The summed E-state index contributed by atoms with van der Waals surface area (Å²) in [5.41, 5.74) is 0.431. The van der Waals surface area contributed by atoms with Crippen LogP contribution in [0.15, 0.2) is 12.7 Å². The van der Waals surface area contributed by atoms with Crippen molar-refractivity contribution in [2.45, 2.75) is 70.0 Å². The van der Waals surface area contributed by atoms with E-state index in [0.29, 0.717) is 17.6 Å². The molecule has 2 rings (SSSR count). The Morgan fingerprint density at radius 3 is 2.76 bits per heavy atom. The predicted molar refractivity (Wildman–Crippen MR) is 74.3 cm³/mol. The second kappa shape index (κ2) is 5.53. The predicted octanol–water partition coefficient (Wildman–Crippen LogP) is 2.95. The van der Waals surface area contributed by atoms with E-state index in [1.807, 2.05) is 0 Å². The monoisotopic (exact) mass is 236 g/mol. The summed E-state index contributed by atoms with van der Waals surface area (Å²) in [4.78, 5) is 2.70. The van der Waals surface area contributed by atoms with Gasteiger partial charge in [-0.3, -0.25) is 4.90 Å². The molecule has 2 fully saturated rings. The molecule has 0 bridgehead atoms. The van der Waals surface area contributed by atoms with E-state index in [1.54, 1.807) is 0 Å². The minimum atomic E-state index is 0.431. The van der Waals surface area contributed by atoms with Gasteiger partial charge in [0.05, 0.1) is 0 Å². The van der Waals surface area contributed by atoms with E-state index in [0.717, 1.165) is 13.0 Å². The maximum Gasteiger partial charge on any atom is 0.0309 e. The molecule has 2 aliphatic rings. The van der Waals surface area contributed by atoms with Crippen molar-refractivity contribution in [1.29, 1.82) is 0 Å². The first-order valence-corrected chi connectivity index (χ1v) is 7.28. The summed E-state index contributed by atoms with van der Waals surface area (Å²) in [6, 6.07) is 1.31. The zero-order valence-electron chi connectivity index (χ0n) is 11.5. The molecule has 2 unspecified atom stereocenters. The lowest BCUT2D eigenvalue weighted by molar-refractivity contribution is 0.0369. The first kappa shape index (κ1) is 13.1. The summed E-state index contributed by atoms with van der Waals surface area (Å²) in [5, 5.41) is 3.84. The average molecular weight is 236 g/mol. The Morgan fingerprint density at radius 2 is 2.12 bits per heavy atom. The Balaban J connectivity index is 2.02. The SMILES string of the molecule is C=CCC(C)N1CC2(CCCCC2)NCC1C. The highest BCUT2D eigenvalue weighted by atomic mass is 15.3. The summed E-state index contributed by atoms with van der Waals surface area (Å²) < 4.78 is 0. The molecule has 2 heteroatoms. The van der Waals surface area contributed by atoms with Crippen molar-refractivity contribution in [3.05, 3.63) is 12.7 Å². The molecular weight excluding hydrogens is 208 g/mol. The lowest BCUT2D eigenvalue weighted by Gasteiger charge is -2.50. The van der Waals surface area contributed by atoms with E-state index < -0.39 is 0 Å². The summed E-state index contributed by atoms with van der Waals surface area (Å²) in [7, 11) is 0. The minimum absolute atomic E-state index is 0.431. The molecule has 1 aliphatic heterocycles. The van der Waals surface area contributed by atoms with Crippen LogP contribution < -0.4 is 5.32 Å². The van der Waals surface area contributed by atoms with Crippen LogP contribution in [0.2, 0.25) is 0 Å². The Labute approximate surface area is 106 Å². The number of rotatable bonds is 3. The second-order valence-corrected chi connectivity index (χ2v) is 6.12. The molecular formula is C15H28N2. The van der Waals surface area contributed by atoms with Gasteiger partial charge in [0.15, 0.2) is 0 Å². The maximum absolute atomic E-state index is 3.88. The lowest BCUT2D eigenvalue weighted by atomic mass is 9.79. The van der Waals surface area contributed by atoms with Gasteiger partial charge in [-0.2, -0.15) is 0 Å². The zero-order valence-corrected chi connectivity index (χ0v) is 11.5. The van der Waals surface area contributed by atoms with Gasteiger partial charge in [-0.15, -0.1) is 6.58 Å². The van der Waals surface area contributed by atoms with Gasteiger partial charge in [0.1, 0.15) is 0 Å². The highest BCUT2D eigenvalue weighted by Gasteiger charge is 2.39. The number of hydrogen-bond donors (Lipinski definition) is 1. The summed E-state index contributed by atoms with van der Waals surface area (Å²) >= 11 is 0. The molecule has 0 aromatic rings. The molecule has 1 saturated heterocycles. The van der Waals surface area contributed by atoms with E-state index in [9.17, 15) is 0 Å². The van der Waals surface area contributed by atoms with Crippen LogP contribution in [-0.4, -0.2) is 35.6 Å². The van der Waals surface area contributed by atoms with E-state index in [-0.39, 0.29) is 0 Å². The summed E-state index contributed by atoms with van der Waals surface area (Å²) in [6.07, 6.45) is 10.2. The standard InChI is InChI=1S/C15H28N2/c1-4-8-13(2)17-12-15(16-11-14(17)3)9-6-5-7-10-15/h4,13-14,16H,1,5-12H2,2-3H3. The number of nitrogens with zero attached hydrogens (tertiary/aromatic N) is 1. The van der Waals surface area contributed by atoms with Crippen LogP contribution in [0.4, 0.5) is 0 Å². The molecule has 1 saturated carbocycles. The largest absolute Gasteiger partial charge is 0.308 e. The smallest absolute Gasteiger partial charge is 0.0309 e. The third kappa shape index (κ3) is 2.92. The third-order valence-corrected chi connectivity index (χ3v) is 4.71. The molecule has 0 aromatic carbocycles. The molecule has 1 heterocycles. The van der Waals surface area contributed by atoms with E-state index in [2.05, 4.69) is 36.7 Å². The Morgan fingerprint density at radius 1 is 1.41 bits per heavy atom. The van der Waals surface area contributed by atoms with Crippen molar-refractivity contribution in [3.63, 3.8) is 0 Å². The third-order valence-electron chi connectivity index (χ3n) is 4.71. The van der Waals surface area contributed by atoms with Crippen molar-refractivity contribution >= 4 is 0 Å². The summed E-state index contributed by atoms with van der Waals surface area (Å²) in [5.74, 6) is 0. The molecule has 1 spiro atoms. The highest BCUT2D eigenvalue weighted by molar-refractivity contribution is 5.00. The van der Waals surface area contributed by atoms with Gasteiger partial charge in [-0.25, -0.2) is 0 Å². The molecule has 0 aromatic heterocycles. The number of piperazine rings is 1. The molecule has 2 atom stereocenters. The Hall–Kier alpha value is -0.340. The van der Waals surface area contributed by atoms with Gasteiger partial charge in [-0.05, 0) is 33.1 Å². The second-order valence-electron chi connectivity index (χ2n) is 6.12. The fraction of sp³-hybridized carbons (Fsp3) is 0.867. The van der Waals surface area contributed by atoms with Crippen LogP contribution >= 0.6 is 0 Å². The normalized spacial score (nSPS) is 31.3. The first-order valence-electron chi connectivity index (χ1n) is 7.28. The van der Waals surface area contributed by atoms with Crippen molar-refractivity contribution in [3.8, 4) is 0 Å². The van der Waals surface area contributed by atoms with Gasteiger partial charge in [-0.1, -0.05) is 25.3 Å². The van der Waals surface area contributed by atoms with E-state index in [1.165, 1.54) is 38.6 Å². The first-order chi connectivity index (χ1) is 8.17. The van der Waals surface area contributed by atoms with Crippen LogP contribution in [0.1, 0.15) is 52.4 Å². The maximum atomic E-state index is 3.88. The number of nitrogens with one attached hydrogen (secondary N) is 1. The Bertz CT molecular complexity index is 256. The molecule has 1 aliphatic carbocycles. The molecule has 17 heavy (non-hydrogen) atoms. The highest BCUT2D eigenvalue weighted by Crippen LogP contribution is 2.32. The fourth-order valence-corrected chi connectivity index (χ4v) is 3.57.